The van der Waals surface area contributed by atoms with Gasteiger partial charge in [-0.05, 0) is 69.9 Å². The second-order valence-corrected chi connectivity index (χ2v) is 7.41. The summed E-state index contributed by atoms with van der Waals surface area (Å²) in [5, 5.41) is 7.19. The molecule has 1 aliphatic carbocycles. The van der Waals surface area contributed by atoms with Crippen molar-refractivity contribution < 1.29 is 14.1 Å². The first-order valence-electron chi connectivity index (χ1n) is 10.3. The highest BCUT2D eigenvalue weighted by molar-refractivity contribution is 5.95. The van der Waals surface area contributed by atoms with Gasteiger partial charge in [0, 0.05) is 17.2 Å². The molecule has 1 atom stereocenters. The smallest absolute Gasteiger partial charge is 0.273 e. The Balaban J connectivity index is 1.65. The molecular weight excluding hydrogens is 354 g/mol. The molecule has 0 saturated heterocycles. The summed E-state index contributed by atoms with van der Waals surface area (Å²) in [6, 6.07) is 6.06. The monoisotopic (exact) mass is 385 g/mol. The summed E-state index contributed by atoms with van der Waals surface area (Å²) in [5.41, 5.74) is 3.48. The average Bonchev–Trinajstić information content (AvgIpc) is 3.15. The molecule has 0 radical (unpaired) electrons. The normalized spacial score (nSPS) is 13.8. The second-order valence-electron chi connectivity index (χ2n) is 7.41. The van der Waals surface area contributed by atoms with Crippen LogP contribution in [0.1, 0.15) is 55.2 Å². The molecular formula is C22H31N3O3. The fourth-order valence-electron chi connectivity index (χ4n) is 3.83. The Morgan fingerprint density at radius 2 is 2.11 bits per heavy atom. The van der Waals surface area contributed by atoms with E-state index >= 15 is 0 Å². The van der Waals surface area contributed by atoms with Gasteiger partial charge in [-0.1, -0.05) is 25.1 Å². The predicted octanol–water partition coefficient (Wildman–Crippen LogP) is 3.69. The highest BCUT2D eigenvalue weighted by Crippen LogP contribution is 2.37. The Hall–Kier alpha value is -2.34. The zero-order valence-electron chi connectivity index (χ0n) is 17.4. The summed E-state index contributed by atoms with van der Waals surface area (Å²) in [6.07, 6.45) is 3.64. The number of nitrogens with one attached hydrogen (secondary N) is 1. The maximum atomic E-state index is 12.8. The van der Waals surface area contributed by atoms with Crippen LogP contribution in [0.2, 0.25) is 0 Å². The fraction of sp³-hybridized carbons (Fsp3) is 0.545. The third-order valence-corrected chi connectivity index (χ3v) is 5.59. The van der Waals surface area contributed by atoms with Crippen molar-refractivity contribution in [1.82, 2.24) is 15.4 Å². The number of carbonyl (C=O) groups is 1. The number of methoxy groups -OCH3 is 1. The van der Waals surface area contributed by atoms with E-state index in [4.69, 9.17) is 9.26 Å². The molecule has 1 aromatic heterocycles. The van der Waals surface area contributed by atoms with E-state index in [1.54, 1.807) is 7.11 Å². The Morgan fingerprint density at radius 3 is 2.82 bits per heavy atom. The van der Waals surface area contributed by atoms with Crippen molar-refractivity contribution in [2.75, 3.05) is 26.7 Å². The molecule has 152 valence electrons. The molecule has 2 aromatic rings. The molecule has 28 heavy (non-hydrogen) atoms. The van der Waals surface area contributed by atoms with E-state index in [9.17, 15) is 4.79 Å². The van der Waals surface area contributed by atoms with Crippen molar-refractivity contribution >= 4 is 5.91 Å². The summed E-state index contributed by atoms with van der Waals surface area (Å²) < 4.78 is 10.9. The number of benzene rings is 1. The zero-order valence-corrected chi connectivity index (χ0v) is 17.4. The molecule has 1 heterocycles. The van der Waals surface area contributed by atoms with Crippen LogP contribution in [0.3, 0.4) is 0 Å². The first kappa shape index (κ1) is 20.4. The third-order valence-electron chi connectivity index (χ3n) is 5.59. The standard InChI is InChI=1S/C22H31N3O3/c1-5-25(6-2)13-7-8-15(3)23-22(26)20-18-12-10-16-9-11-17(27-4)14-19(16)21(18)28-24-20/h9,11,14-15H,5-8,10,12-13H2,1-4H3,(H,23,26). The molecule has 0 saturated carbocycles. The molecule has 0 spiro atoms. The number of aryl methyl sites for hydroxylation is 1. The summed E-state index contributed by atoms with van der Waals surface area (Å²) in [5.74, 6) is 1.32. The van der Waals surface area contributed by atoms with Gasteiger partial charge in [0.15, 0.2) is 11.5 Å². The molecule has 0 bridgehead atoms. The molecule has 1 amide bonds. The van der Waals surface area contributed by atoms with Gasteiger partial charge in [-0.3, -0.25) is 4.79 Å². The lowest BCUT2D eigenvalue weighted by Crippen LogP contribution is -2.34. The van der Waals surface area contributed by atoms with Crippen LogP contribution in [0.25, 0.3) is 11.3 Å². The van der Waals surface area contributed by atoms with Crippen molar-refractivity contribution in [3.63, 3.8) is 0 Å². The van der Waals surface area contributed by atoms with E-state index in [1.807, 2.05) is 19.1 Å². The Kier molecular flexibility index (Phi) is 6.73. The van der Waals surface area contributed by atoms with Gasteiger partial charge in [0.1, 0.15) is 5.75 Å². The molecule has 6 heteroatoms. The van der Waals surface area contributed by atoms with E-state index in [1.165, 1.54) is 5.56 Å². The molecule has 1 N–H and O–H groups in total. The number of rotatable bonds is 9. The number of nitrogens with zero attached hydrogens (tertiary/aromatic N) is 2. The SMILES string of the molecule is CCN(CC)CCCC(C)NC(=O)c1noc2c1CCc1ccc(OC)cc1-2. The van der Waals surface area contributed by atoms with Crippen molar-refractivity contribution in [3.8, 4) is 17.1 Å². The lowest BCUT2D eigenvalue weighted by molar-refractivity contribution is 0.0927. The van der Waals surface area contributed by atoms with Crippen LogP contribution >= 0.6 is 0 Å². The number of ether oxygens (including phenoxy) is 1. The highest BCUT2D eigenvalue weighted by atomic mass is 16.5. The molecule has 6 nitrogen and oxygen atoms in total. The van der Waals surface area contributed by atoms with E-state index in [-0.39, 0.29) is 11.9 Å². The zero-order chi connectivity index (χ0) is 20.1. The molecule has 1 unspecified atom stereocenters. The quantitative estimate of drug-likeness (QED) is 0.713. The molecule has 1 aliphatic rings. The van der Waals surface area contributed by atoms with Gasteiger partial charge >= 0.3 is 0 Å². The summed E-state index contributed by atoms with van der Waals surface area (Å²) in [4.78, 5) is 15.2. The van der Waals surface area contributed by atoms with Gasteiger partial charge in [0.25, 0.3) is 5.91 Å². The van der Waals surface area contributed by atoms with Gasteiger partial charge in [-0.15, -0.1) is 0 Å². The van der Waals surface area contributed by atoms with E-state index in [0.29, 0.717) is 11.5 Å². The number of hydrogen-bond acceptors (Lipinski definition) is 5. The van der Waals surface area contributed by atoms with E-state index in [2.05, 4.69) is 35.3 Å². The maximum absolute atomic E-state index is 12.8. The highest BCUT2D eigenvalue weighted by Gasteiger charge is 2.28. The second kappa shape index (κ2) is 9.24. The van der Waals surface area contributed by atoms with Crippen LogP contribution in [0.4, 0.5) is 0 Å². The maximum Gasteiger partial charge on any atom is 0.273 e. The molecule has 0 aliphatic heterocycles. The van der Waals surface area contributed by atoms with Crippen LogP contribution in [-0.2, 0) is 12.8 Å². The first-order valence-corrected chi connectivity index (χ1v) is 10.3. The van der Waals surface area contributed by atoms with Gasteiger partial charge < -0.3 is 19.5 Å². The van der Waals surface area contributed by atoms with E-state index < -0.39 is 0 Å². The summed E-state index contributed by atoms with van der Waals surface area (Å²) >= 11 is 0. The van der Waals surface area contributed by atoms with Gasteiger partial charge in [0.2, 0.25) is 0 Å². The number of hydrogen-bond donors (Lipinski definition) is 1. The van der Waals surface area contributed by atoms with Crippen molar-refractivity contribution in [1.29, 1.82) is 0 Å². The topological polar surface area (TPSA) is 67.6 Å². The van der Waals surface area contributed by atoms with Gasteiger partial charge in [-0.2, -0.15) is 0 Å². The first-order chi connectivity index (χ1) is 13.6. The third kappa shape index (κ3) is 4.38. The minimum Gasteiger partial charge on any atom is -0.497 e. The molecule has 3 rings (SSSR count). The van der Waals surface area contributed by atoms with E-state index in [0.717, 1.165) is 62.2 Å². The molecule has 0 fully saturated rings. The Morgan fingerprint density at radius 1 is 1.32 bits per heavy atom. The lowest BCUT2D eigenvalue weighted by Gasteiger charge is -2.20. The number of fused-ring (bicyclic) bond motifs is 3. The predicted molar refractivity (Wildman–Crippen MR) is 110 cm³/mol. The summed E-state index contributed by atoms with van der Waals surface area (Å²) in [7, 11) is 1.65. The van der Waals surface area contributed by atoms with Crippen molar-refractivity contribution in [2.45, 2.75) is 52.5 Å². The van der Waals surface area contributed by atoms with Crippen LogP contribution in [0.15, 0.2) is 22.7 Å². The van der Waals surface area contributed by atoms with Crippen LogP contribution < -0.4 is 10.1 Å². The Bertz CT molecular complexity index is 811. The number of amides is 1. The van der Waals surface area contributed by atoms with Crippen LogP contribution in [0.5, 0.6) is 5.75 Å². The van der Waals surface area contributed by atoms with Crippen molar-refractivity contribution in [3.05, 3.63) is 35.0 Å². The Labute approximate surface area is 167 Å². The minimum atomic E-state index is -0.147. The summed E-state index contributed by atoms with van der Waals surface area (Å²) in [6.45, 7) is 9.59. The van der Waals surface area contributed by atoms with Gasteiger partial charge in [-0.25, -0.2) is 0 Å². The lowest BCUT2D eigenvalue weighted by atomic mass is 9.89. The fourth-order valence-corrected chi connectivity index (χ4v) is 3.83. The minimum absolute atomic E-state index is 0.103. The van der Waals surface area contributed by atoms with Gasteiger partial charge in [0.05, 0.1) is 7.11 Å². The van der Waals surface area contributed by atoms with Crippen LogP contribution in [0, 0.1) is 0 Å². The van der Waals surface area contributed by atoms with Crippen molar-refractivity contribution in [2.24, 2.45) is 0 Å². The van der Waals surface area contributed by atoms with Crippen LogP contribution in [-0.4, -0.2) is 48.7 Å². The number of aromatic nitrogens is 1. The molecule has 1 aromatic carbocycles. The largest absolute Gasteiger partial charge is 0.497 e. The average molecular weight is 386 g/mol. The number of carbonyl (C=O) groups excluding carboxylic acids is 1.